The van der Waals surface area contributed by atoms with Crippen LogP contribution >= 0.6 is 0 Å². The molecule has 0 radical (unpaired) electrons. The van der Waals surface area contributed by atoms with Crippen molar-refractivity contribution in [1.29, 1.82) is 0 Å². The van der Waals surface area contributed by atoms with Crippen molar-refractivity contribution >= 4 is 0 Å². The van der Waals surface area contributed by atoms with Crippen LogP contribution in [0.1, 0.15) is 50.2 Å². The zero-order valence-corrected chi connectivity index (χ0v) is 12.7. The van der Waals surface area contributed by atoms with Crippen molar-refractivity contribution < 1.29 is 0 Å². The van der Waals surface area contributed by atoms with Gasteiger partial charge in [0.1, 0.15) is 0 Å². The molecule has 0 bridgehead atoms. The van der Waals surface area contributed by atoms with Crippen LogP contribution in [0.5, 0.6) is 0 Å². The lowest BCUT2D eigenvalue weighted by Crippen LogP contribution is -2.20. The molecule has 0 spiro atoms. The lowest BCUT2D eigenvalue weighted by atomic mass is 10.1. The molecule has 1 heterocycles. The minimum Gasteiger partial charge on any atom is -0.303 e. The summed E-state index contributed by atoms with van der Waals surface area (Å²) in [6, 6.07) is 8.95. The van der Waals surface area contributed by atoms with Gasteiger partial charge in [-0.3, -0.25) is 0 Å². The molecule has 1 aromatic carbocycles. The maximum absolute atomic E-state index is 2.59. The average molecular weight is 259 g/mol. The molecule has 1 saturated heterocycles. The maximum Gasteiger partial charge on any atom is -0.00156 e. The van der Waals surface area contributed by atoms with Gasteiger partial charge in [0.2, 0.25) is 0 Å². The third-order valence-corrected chi connectivity index (χ3v) is 4.13. The molecule has 106 valence electrons. The van der Waals surface area contributed by atoms with Gasteiger partial charge in [-0.15, -0.1) is 0 Å². The summed E-state index contributed by atoms with van der Waals surface area (Å²) < 4.78 is 0. The Labute approximate surface area is 119 Å². The number of aryl methyl sites for hydroxylation is 2. The Morgan fingerprint density at radius 1 is 1.05 bits per heavy atom. The van der Waals surface area contributed by atoms with Crippen LogP contribution in [0.15, 0.2) is 24.3 Å². The van der Waals surface area contributed by atoms with Crippen LogP contribution in [0.3, 0.4) is 0 Å². The molecular formula is C18H29N. The summed E-state index contributed by atoms with van der Waals surface area (Å²) in [5.41, 5.74) is 2.85. The Bertz CT molecular complexity index is 344. The smallest absolute Gasteiger partial charge is 0.00156 e. The number of likely N-dealkylation sites (tertiary alicyclic amines) is 1. The molecule has 1 aromatic rings. The second kappa shape index (κ2) is 7.69. The highest BCUT2D eigenvalue weighted by Crippen LogP contribution is 2.26. The van der Waals surface area contributed by atoms with E-state index in [4.69, 9.17) is 0 Å². The summed E-state index contributed by atoms with van der Waals surface area (Å²) in [7, 11) is 0. The molecule has 0 unspecified atom stereocenters. The van der Waals surface area contributed by atoms with Crippen LogP contribution in [0.4, 0.5) is 0 Å². The van der Waals surface area contributed by atoms with Crippen LogP contribution < -0.4 is 0 Å². The fraction of sp³-hybridized carbons (Fsp3) is 0.667. The lowest BCUT2D eigenvalue weighted by molar-refractivity contribution is 0.334. The van der Waals surface area contributed by atoms with Gasteiger partial charge in [-0.05, 0) is 63.7 Å². The summed E-state index contributed by atoms with van der Waals surface area (Å²) in [6.45, 7) is 8.36. The van der Waals surface area contributed by atoms with Crippen LogP contribution in [0, 0.1) is 12.8 Å². The molecule has 19 heavy (non-hydrogen) atoms. The Morgan fingerprint density at radius 3 is 2.16 bits per heavy atom. The Hall–Kier alpha value is -0.820. The fourth-order valence-corrected chi connectivity index (χ4v) is 2.43. The van der Waals surface area contributed by atoms with Crippen molar-refractivity contribution in [2.24, 2.45) is 5.92 Å². The number of nitrogens with zero attached hydrogens (tertiary/aromatic N) is 1. The minimum atomic E-state index is 1.08. The zero-order valence-electron chi connectivity index (χ0n) is 12.7. The summed E-state index contributed by atoms with van der Waals surface area (Å²) in [5.74, 6) is 1.08. The quantitative estimate of drug-likeness (QED) is 0.772. The molecule has 1 aliphatic carbocycles. The van der Waals surface area contributed by atoms with Crippen molar-refractivity contribution in [3.63, 3.8) is 0 Å². The van der Waals surface area contributed by atoms with E-state index in [0.29, 0.717) is 0 Å². The maximum atomic E-state index is 2.59. The first kappa shape index (κ1) is 14.6. The van der Waals surface area contributed by atoms with E-state index in [1.165, 1.54) is 69.3 Å². The minimum absolute atomic E-state index is 1.08. The van der Waals surface area contributed by atoms with Gasteiger partial charge in [0.15, 0.2) is 0 Å². The van der Waals surface area contributed by atoms with Crippen molar-refractivity contribution in [2.45, 2.75) is 52.4 Å². The molecule has 1 heteroatoms. The van der Waals surface area contributed by atoms with E-state index in [-0.39, 0.29) is 0 Å². The van der Waals surface area contributed by atoms with Gasteiger partial charge in [0.05, 0.1) is 0 Å². The van der Waals surface area contributed by atoms with Crippen molar-refractivity contribution in [3.05, 3.63) is 35.4 Å². The van der Waals surface area contributed by atoms with Crippen molar-refractivity contribution in [3.8, 4) is 0 Å². The van der Waals surface area contributed by atoms with Crippen molar-refractivity contribution in [2.75, 3.05) is 19.6 Å². The first-order valence-corrected chi connectivity index (χ1v) is 8.02. The predicted octanol–water partition coefficient (Wildman–Crippen LogP) is 4.44. The average Bonchev–Trinajstić information content (AvgIpc) is 3.03. The van der Waals surface area contributed by atoms with E-state index >= 15 is 0 Å². The SMILES string of the molecule is CC1CC1.Cc1ccc(CCCN2CCCC2)cc1. The van der Waals surface area contributed by atoms with Gasteiger partial charge in [-0.25, -0.2) is 0 Å². The number of rotatable bonds is 4. The largest absolute Gasteiger partial charge is 0.303 e. The topological polar surface area (TPSA) is 3.24 Å². The van der Waals surface area contributed by atoms with Crippen LogP contribution in [-0.2, 0) is 6.42 Å². The van der Waals surface area contributed by atoms with Gasteiger partial charge in [0.25, 0.3) is 0 Å². The molecule has 1 aliphatic heterocycles. The second-order valence-corrected chi connectivity index (χ2v) is 6.32. The van der Waals surface area contributed by atoms with Crippen LogP contribution in [-0.4, -0.2) is 24.5 Å². The summed E-state index contributed by atoms with van der Waals surface area (Å²) in [5, 5.41) is 0. The monoisotopic (exact) mass is 259 g/mol. The molecule has 0 N–H and O–H groups in total. The van der Waals surface area contributed by atoms with Crippen LogP contribution in [0.2, 0.25) is 0 Å². The second-order valence-electron chi connectivity index (χ2n) is 6.32. The van der Waals surface area contributed by atoms with Gasteiger partial charge < -0.3 is 4.90 Å². The van der Waals surface area contributed by atoms with E-state index in [2.05, 4.69) is 43.0 Å². The van der Waals surface area contributed by atoms with Gasteiger partial charge in [-0.2, -0.15) is 0 Å². The predicted molar refractivity (Wildman–Crippen MR) is 83.6 cm³/mol. The highest BCUT2D eigenvalue weighted by molar-refractivity contribution is 5.21. The summed E-state index contributed by atoms with van der Waals surface area (Å²) in [4.78, 5) is 2.59. The number of hydrogen-bond acceptors (Lipinski definition) is 1. The first-order valence-electron chi connectivity index (χ1n) is 8.02. The van der Waals surface area contributed by atoms with Crippen molar-refractivity contribution in [1.82, 2.24) is 4.90 Å². The normalized spacial score (nSPS) is 19.1. The highest BCUT2D eigenvalue weighted by Gasteiger charge is 2.12. The molecule has 0 aromatic heterocycles. The third-order valence-electron chi connectivity index (χ3n) is 4.13. The summed E-state index contributed by atoms with van der Waals surface area (Å²) >= 11 is 0. The standard InChI is InChI=1S/C14H21N.C4H8/c1-13-6-8-14(9-7-13)5-4-12-15-10-2-3-11-15;1-4-2-3-4/h6-9H,2-5,10-12H2,1H3;4H,2-3H2,1H3. The van der Waals surface area contributed by atoms with E-state index in [1.807, 2.05) is 0 Å². The molecular weight excluding hydrogens is 230 g/mol. The number of benzene rings is 1. The Morgan fingerprint density at radius 2 is 1.63 bits per heavy atom. The van der Waals surface area contributed by atoms with Gasteiger partial charge in [0, 0.05) is 0 Å². The fourth-order valence-electron chi connectivity index (χ4n) is 2.43. The van der Waals surface area contributed by atoms with Gasteiger partial charge in [-0.1, -0.05) is 49.6 Å². The van der Waals surface area contributed by atoms with E-state index in [1.54, 1.807) is 0 Å². The van der Waals surface area contributed by atoms with E-state index < -0.39 is 0 Å². The molecule has 1 saturated carbocycles. The van der Waals surface area contributed by atoms with E-state index in [0.717, 1.165) is 5.92 Å². The highest BCUT2D eigenvalue weighted by atomic mass is 15.1. The Kier molecular flexibility index (Phi) is 5.91. The summed E-state index contributed by atoms with van der Waals surface area (Å²) in [6.07, 6.45) is 8.33. The molecule has 0 amide bonds. The number of hydrogen-bond donors (Lipinski definition) is 0. The Balaban J connectivity index is 0.000000284. The lowest BCUT2D eigenvalue weighted by Gasteiger charge is -2.13. The van der Waals surface area contributed by atoms with Gasteiger partial charge >= 0.3 is 0 Å². The van der Waals surface area contributed by atoms with Crippen LogP contribution in [0.25, 0.3) is 0 Å². The zero-order chi connectivity index (χ0) is 13.5. The molecule has 2 fully saturated rings. The molecule has 0 atom stereocenters. The van der Waals surface area contributed by atoms with E-state index in [9.17, 15) is 0 Å². The molecule has 2 aliphatic rings. The third kappa shape index (κ3) is 6.24. The molecule has 3 rings (SSSR count). The molecule has 1 nitrogen and oxygen atoms in total. The first-order chi connectivity index (χ1) is 9.24.